The van der Waals surface area contributed by atoms with E-state index in [0.717, 1.165) is 40.9 Å². The van der Waals surface area contributed by atoms with Crippen molar-refractivity contribution in [1.82, 2.24) is 14.4 Å². The molecule has 0 aliphatic heterocycles. The lowest BCUT2D eigenvalue weighted by molar-refractivity contribution is 0.102. The van der Waals surface area contributed by atoms with Gasteiger partial charge in [-0.15, -0.1) is 0 Å². The Hall–Kier alpha value is -3.71. The van der Waals surface area contributed by atoms with Gasteiger partial charge in [0.05, 0.1) is 30.4 Å². The molecule has 5 rings (SSSR count). The maximum atomic E-state index is 11.8. The molecule has 2 heterocycles. The van der Waals surface area contributed by atoms with Crippen LogP contribution in [0.4, 0.5) is 4.79 Å². The predicted octanol–water partition coefficient (Wildman–Crippen LogP) is 4.94. The van der Waals surface area contributed by atoms with Crippen molar-refractivity contribution < 1.29 is 14.3 Å². The summed E-state index contributed by atoms with van der Waals surface area (Å²) in [6, 6.07) is 18.3. The van der Waals surface area contributed by atoms with E-state index in [0.29, 0.717) is 5.65 Å². The number of nitrogens with two attached hydrogens (primary N) is 1. The maximum absolute atomic E-state index is 11.8. The molecule has 1 saturated carbocycles. The first-order chi connectivity index (χ1) is 15.6. The standard InChI is InChI=1S/C25H24N4O3/c1-2-31-24(30)32-21-16-29-20(15-27-21)28-22(23(29)18-7-4-3-5-8-18)17-9-11-19(12-10-17)25(26)13-6-14-25/h3-5,7-12,15-16H,2,6,13-14,26H2,1H3. The summed E-state index contributed by atoms with van der Waals surface area (Å²) in [7, 11) is 0. The molecule has 0 saturated heterocycles. The number of ether oxygens (including phenoxy) is 2. The number of nitrogens with zero attached hydrogens (tertiary/aromatic N) is 3. The molecule has 0 unspecified atom stereocenters. The van der Waals surface area contributed by atoms with E-state index in [-0.39, 0.29) is 18.0 Å². The third-order valence-corrected chi connectivity index (χ3v) is 5.96. The number of hydrogen-bond donors (Lipinski definition) is 1. The number of aromatic nitrogens is 3. The van der Waals surface area contributed by atoms with E-state index in [9.17, 15) is 4.79 Å². The van der Waals surface area contributed by atoms with Crippen LogP contribution in [0.15, 0.2) is 67.0 Å². The lowest BCUT2D eigenvalue weighted by atomic mass is 9.72. The second-order valence-electron chi connectivity index (χ2n) is 8.00. The van der Waals surface area contributed by atoms with Crippen LogP contribution in [-0.2, 0) is 10.3 Å². The van der Waals surface area contributed by atoms with Crippen molar-refractivity contribution >= 4 is 11.8 Å². The molecule has 7 nitrogen and oxygen atoms in total. The summed E-state index contributed by atoms with van der Waals surface area (Å²) in [5, 5.41) is 0. The van der Waals surface area contributed by atoms with Crippen LogP contribution in [0.2, 0.25) is 0 Å². The predicted molar refractivity (Wildman–Crippen MR) is 121 cm³/mol. The van der Waals surface area contributed by atoms with Gasteiger partial charge in [0, 0.05) is 16.7 Å². The largest absolute Gasteiger partial charge is 0.515 e. The van der Waals surface area contributed by atoms with Gasteiger partial charge in [0.15, 0.2) is 5.65 Å². The van der Waals surface area contributed by atoms with Crippen LogP contribution in [0, 0.1) is 0 Å². The highest BCUT2D eigenvalue weighted by Gasteiger charge is 2.34. The summed E-state index contributed by atoms with van der Waals surface area (Å²) in [6.07, 6.45) is 5.66. The molecule has 0 atom stereocenters. The number of rotatable bonds is 5. The molecule has 0 spiro atoms. The molecule has 7 heteroatoms. The molecule has 0 bridgehead atoms. The van der Waals surface area contributed by atoms with Crippen molar-refractivity contribution in [2.75, 3.05) is 6.61 Å². The summed E-state index contributed by atoms with van der Waals surface area (Å²) >= 11 is 0. The molecule has 2 aromatic carbocycles. The van der Waals surface area contributed by atoms with Crippen molar-refractivity contribution in [3.8, 4) is 28.4 Å². The van der Waals surface area contributed by atoms with E-state index in [1.54, 1.807) is 19.3 Å². The van der Waals surface area contributed by atoms with Gasteiger partial charge in [0.25, 0.3) is 0 Å². The average molecular weight is 428 g/mol. The highest BCUT2D eigenvalue weighted by Crippen LogP contribution is 2.40. The van der Waals surface area contributed by atoms with Crippen molar-refractivity contribution in [2.24, 2.45) is 5.73 Å². The average Bonchev–Trinajstić information content (AvgIpc) is 3.17. The first kappa shape index (κ1) is 20.2. The highest BCUT2D eigenvalue weighted by atomic mass is 16.7. The Morgan fingerprint density at radius 2 is 1.84 bits per heavy atom. The minimum Gasteiger partial charge on any atom is -0.434 e. The molecule has 1 fully saturated rings. The van der Waals surface area contributed by atoms with Crippen LogP contribution >= 0.6 is 0 Å². The van der Waals surface area contributed by atoms with Crippen LogP contribution in [0.3, 0.4) is 0 Å². The molecule has 0 amide bonds. The van der Waals surface area contributed by atoms with Crippen LogP contribution in [0.1, 0.15) is 31.7 Å². The number of hydrogen-bond acceptors (Lipinski definition) is 6. The zero-order chi connectivity index (χ0) is 22.1. The van der Waals surface area contributed by atoms with Crippen LogP contribution < -0.4 is 10.5 Å². The highest BCUT2D eigenvalue weighted by molar-refractivity contribution is 5.82. The first-order valence-electron chi connectivity index (χ1n) is 10.8. The molecular weight excluding hydrogens is 404 g/mol. The fraction of sp³-hybridized carbons (Fsp3) is 0.240. The van der Waals surface area contributed by atoms with Gasteiger partial charge in [0.2, 0.25) is 5.88 Å². The number of carbonyl (C=O) groups is 1. The maximum Gasteiger partial charge on any atom is 0.515 e. The lowest BCUT2D eigenvalue weighted by Gasteiger charge is -2.38. The summed E-state index contributed by atoms with van der Waals surface area (Å²) in [5.41, 5.74) is 11.8. The molecule has 1 aliphatic rings. The second-order valence-corrected chi connectivity index (χ2v) is 8.00. The smallest absolute Gasteiger partial charge is 0.434 e. The zero-order valence-electron chi connectivity index (χ0n) is 17.8. The van der Waals surface area contributed by atoms with Gasteiger partial charge in [-0.05, 0) is 31.7 Å². The number of carbonyl (C=O) groups excluding carboxylic acids is 1. The Balaban J connectivity index is 1.61. The molecule has 2 N–H and O–H groups in total. The monoisotopic (exact) mass is 428 g/mol. The molecule has 32 heavy (non-hydrogen) atoms. The van der Waals surface area contributed by atoms with Gasteiger partial charge >= 0.3 is 6.16 Å². The van der Waals surface area contributed by atoms with Crippen LogP contribution in [0.25, 0.3) is 28.2 Å². The van der Waals surface area contributed by atoms with Gasteiger partial charge in [-0.25, -0.2) is 14.8 Å². The van der Waals surface area contributed by atoms with E-state index in [1.807, 2.05) is 34.7 Å². The molecule has 2 aromatic heterocycles. The molecule has 162 valence electrons. The topological polar surface area (TPSA) is 91.7 Å². The molecular formula is C25H24N4O3. The van der Waals surface area contributed by atoms with Crippen molar-refractivity contribution in [1.29, 1.82) is 0 Å². The summed E-state index contributed by atoms with van der Waals surface area (Å²) in [6.45, 7) is 1.95. The third-order valence-electron chi connectivity index (χ3n) is 5.96. The molecule has 4 aromatic rings. The number of benzene rings is 2. The minimum absolute atomic E-state index is 0.141. The fourth-order valence-corrected chi connectivity index (χ4v) is 4.10. The van der Waals surface area contributed by atoms with E-state index in [4.69, 9.17) is 20.2 Å². The van der Waals surface area contributed by atoms with Gasteiger partial charge < -0.3 is 15.2 Å². The van der Waals surface area contributed by atoms with Crippen molar-refractivity contribution in [2.45, 2.75) is 31.7 Å². The zero-order valence-corrected chi connectivity index (χ0v) is 17.8. The van der Waals surface area contributed by atoms with Gasteiger partial charge in [0.1, 0.15) is 0 Å². The third kappa shape index (κ3) is 3.61. The van der Waals surface area contributed by atoms with Gasteiger partial charge in [-0.2, -0.15) is 0 Å². The first-order valence-corrected chi connectivity index (χ1v) is 10.8. The van der Waals surface area contributed by atoms with Crippen molar-refractivity contribution in [3.05, 3.63) is 72.6 Å². The second kappa shape index (κ2) is 8.09. The van der Waals surface area contributed by atoms with Crippen LogP contribution in [-0.4, -0.2) is 27.1 Å². The fourth-order valence-electron chi connectivity index (χ4n) is 4.10. The molecule has 1 aliphatic carbocycles. The van der Waals surface area contributed by atoms with Crippen LogP contribution in [0.5, 0.6) is 5.88 Å². The molecule has 0 radical (unpaired) electrons. The Morgan fingerprint density at radius 1 is 1.09 bits per heavy atom. The Labute approximate surface area is 185 Å². The Morgan fingerprint density at radius 3 is 2.50 bits per heavy atom. The summed E-state index contributed by atoms with van der Waals surface area (Å²) < 4.78 is 12.0. The Kier molecular flexibility index (Phi) is 5.11. The number of imidazole rings is 1. The minimum atomic E-state index is -0.789. The van der Waals surface area contributed by atoms with E-state index in [1.165, 1.54) is 6.42 Å². The van der Waals surface area contributed by atoms with Crippen molar-refractivity contribution in [3.63, 3.8) is 0 Å². The van der Waals surface area contributed by atoms with Gasteiger partial charge in [-0.1, -0.05) is 54.6 Å². The van der Waals surface area contributed by atoms with Gasteiger partial charge in [-0.3, -0.25) is 4.40 Å². The Bertz CT molecular complexity index is 1260. The normalized spacial score (nSPS) is 14.7. The summed E-state index contributed by atoms with van der Waals surface area (Å²) in [5.74, 6) is 0.141. The number of fused-ring (bicyclic) bond motifs is 1. The van der Waals surface area contributed by atoms with E-state index in [2.05, 4.69) is 29.2 Å². The quantitative estimate of drug-likeness (QED) is 0.453. The lowest BCUT2D eigenvalue weighted by Crippen LogP contribution is -2.43. The SMILES string of the molecule is CCOC(=O)Oc1cn2c(-c3ccccc3)c(-c3ccc(C4(N)CCC4)cc3)nc2cn1. The van der Waals surface area contributed by atoms with E-state index < -0.39 is 6.16 Å². The summed E-state index contributed by atoms with van der Waals surface area (Å²) in [4.78, 5) is 20.8. The van der Waals surface area contributed by atoms with E-state index >= 15 is 0 Å².